The molecule has 4 nitrogen and oxygen atoms in total. The number of carbonyl (C=O) groups excluding carboxylic acids is 1. The Kier molecular flexibility index (Phi) is 4.94. The third kappa shape index (κ3) is 3.25. The van der Waals surface area contributed by atoms with Gasteiger partial charge >= 0.3 is 0 Å². The largest absolute Gasteiger partial charge is 0.307 e. The minimum Gasteiger partial charge on any atom is -0.307 e. The number of nitrogens with one attached hydrogen (secondary N) is 1. The Morgan fingerprint density at radius 3 is 2.70 bits per heavy atom. The molecule has 5 heteroatoms. The van der Waals surface area contributed by atoms with E-state index in [1.165, 1.54) is 24.8 Å². The Morgan fingerprint density at radius 1 is 1.39 bits per heavy atom. The third-order valence-electron chi connectivity index (χ3n) is 5.00. The van der Waals surface area contributed by atoms with Crippen LogP contribution in [0.4, 0.5) is 5.95 Å². The molecule has 0 saturated heterocycles. The Balaban J connectivity index is 2.00. The molecule has 1 aliphatic rings. The van der Waals surface area contributed by atoms with Gasteiger partial charge in [0.25, 0.3) is 0 Å². The summed E-state index contributed by atoms with van der Waals surface area (Å²) < 4.78 is 3.23. The average molecular weight is 425 g/mol. The van der Waals surface area contributed by atoms with E-state index in [0.29, 0.717) is 17.9 Å². The van der Waals surface area contributed by atoms with E-state index < -0.39 is 0 Å². The molecule has 1 fully saturated rings. The number of anilines is 1. The number of amides is 1. The van der Waals surface area contributed by atoms with Crippen LogP contribution in [0, 0.1) is 11.8 Å². The Bertz CT molecular complexity index is 718. The lowest BCUT2D eigenvalue weighted by Crippen LogP contribution is -2.27. The van der Waals surface area contributed by atoms with Gasteiger partial charge in [-0.2, -0.15) is 0 Å². The van der Waals surface area contributed by atoms with Crippen molar-refractivity contribution < 1.29 is 4.79 Å². The summed E-state index contributed by atoms with van der Waals surface area (Å²) in [4.78, 5) is 17.2. The standard InChI is InChI=1S/C18H24IN3O/c1-11(2)12(3)17(23)21-18-20-15-8-7-13(10-19)9-16(15)22(18)14-5-4-6-14/h7-9,11-12,14H,4-6,10H2,1-3H3,(H,20,21,23)/t12-/m1/s1. The second-order valence-electron chi connectivity index (χ2n) is 6.87. The fraction of sp³-hybridized carbons (Fsp3) is 0.556. The molecule has 0 unspecified atom stereocenters. The van der Waals surface area contributed by atoms with E-state index in [1.54, 1.807) is 0 Å². The molecular weight excluding hydrogens is 401 g/mol. The third-order valence-corrected chi connectivity index (χ3v) is 5.88. The van der Waals surface area contributed by atoms with Crippen molar-refractivity contribution in [3.05, 3.63) is 23.8 Å². The summed E-state index contributed by atoms with van der Waals surface area (Å²) in [6.07, 6.45) is 3.59. The Labute approximate surface area is 151 Å². The smallest absolute Gasteiger partial charge is 0.229 e. The number of hydrogen-bond acceptors (Lipinski definition) is 2. The maximum atomic E-state index is 12.5. The topological polar surface area (TPSA) is 46.9 Å². The van der Waals surface area contributed by atoms with Gasteiger partial charge in [0.2, 0.25) is 11.9 Å². The van der Waals surface area contributed by atoms with Crippen LogP contribution >= 0.6 is 22.6 Å². The summed E-state index contributed by atoms with van der Waals surface area (Å²) in [5.41, 5.74) is 3.42. The van der Waals surface area contributed by atoms with Crippen LogP contribution in [0.1, 0.15) is 51.6 Å². The van der Waals surface area contributed by atoms with Crippen LogP contribution in [0.3, 0.4) is 0 Å². The van der Waals surface area contributed by atoms with Crippen molar-refractivity contribution in [2.75, 3.05) is 5.32 Å². The lowest BCUT2D eigenvalue weighted by Gasteiger charge is -2.29. The molecule has 1 N–H and O–H groups in total. The minimum atomic E-state index is -0.0189. The first-order valence-electron chi connectivity index (χ1n) is 8.39. The van der Waals surface area contributed by atoms with Gasteiger partial charge in [-0.25, -0.2) is 4.98 Å². The van der Waals surface area contributed by atoms with E-state index in [1.807, 2.05) is 6.92 Å². The molecule has 1 heterocycles. The fourth-order valence-corrected chi connectivity index (χ4v) is 3.33. The zero-order chi connectivity index (χ0) is 16.6. The maximum absolute atomic E-state index is 12.5. The highest BCUT2D eigenvalue weighted by molar-refractivity contribution is 14.1. The molecule has 3 rings (SSSR count). The van der Waals surface area contributed by atoms with Crippen molar-refractivity contribution >= 4 is 45.5 Å². The van der Waals surface area contributed by atoms with E-state index in [-0.39, 0.29) is 11.8 Å². The lowest BCUT2D eigenvalue weighted by molar-refractivity contribution is -0.120. The van der Waals surface area contributed by atoms with E-state index in [2.05, 4.69) is 64.5 Å². The number of alkyl halides is 1. The highest BCUT2D eigenvalue weighted by atomic mass is 127. The molecule has 0 aliphatic heterocycles. The summed E-state index contributed by atoms with van der Waals surface area (Å²) in [6.45, 7) is 6.13. The van der Waals surface area contributed by atoms with Crippen LogP contribution in [0.5, 0.6) is 0 Å². The summed E-state index contributed by atoms with van der Waals surface area (Å²) in [5, 5.41) is 3.08. The van der Waals surface area contributed by atoms with Crippen LogP contribution in [0.2, 0.25) is 0 Å². The number of rotatable bonds is 5. The van der Waals surface area contributed by atoms with Crippen LogP contribution < -0.4 is 5.32 Å². The number of imidazole rings is 1. The molecule has 2 aromatic rings. The summed E-state index contributed by atoms with van der Waals surface area (Å²) in [5.74, 6) is 1.08. The van der Waals surface area contributed by atoms with Gasteiger partial charge in [-0.05, 0) is 42.9 Å². The van der Waals surface area contributed by atoms with E-state index >= 15 is 0 Å². The predicted octanol–water partition coefficient (Wildman–Crippen LogP) is 4.93. The first-order valence-corrected chi connectivity index (χ1v) is 9.91. The lowest BCUT2D eigenvalue weighted by atomic mass is 9.92. The van der Waals surface area contributed by atoms with E-state index in [9.17, 15) is 4.79 Å². The molecule has 0 spiro atoms. The SMILES string of the molecule is CC(C)[C@@H](C)C(=O)Nc1nc2ccc(CI)cc2n1C1CCC1. The number of aromatic nitrogens is 2. The summed E-state index contributed by atoms with van der Waals surface area (Å²) in [6, 6.07) is 6.87. The van der Waals surface area contributed by atoms with Gasteiger partial charge in [0.1, 0.15) is 0 Å². The van der Waals surface area contributed by atoms with Crippen molar-refractivity contribution in [2.24, 2.45) is 11.8 Å². The van der Waals surface area contributed by atoms with Gasteiger partial charge in [0.05, 0.1) is 11.0 Å². The second-order valence-corrected chi connectivity index (χ2v) is 7.63. The number of hydrogen-bond donors (Lipinski definition) is 1. The van der Waals surface area contributed by atoms with Gasteiger partial charge in [0.15, 0.2) is 0 Å². The molecule has 1 saturated carbocycles. The van der Waals surface area contributed by atoms with Gasteiger partial charge in [0, 0.05) is 16.4 Å². The molecule has 1 aromatic heterocycles. The molecule has 1 aromatic carbocycles. The molecule has 23 heavy (non-hydrogen) atoms. The van der Waals surface area contributed by atoms with Crippen molar-refractivity contribution in [3.8, 4) is 0 Å². The van der Waals surface area contributed by atoms with Gasteiger partial charge in [-0.15, -0.1) is 0 Å². The number of benzene rings is 1. The highest BCUT2D eigenvalue weighted by Crippen LogP contribution is 2.37. The Hall–Kier alpha value is -1.11. The van der Waals surface area contributed by atoms with Crippen molar-refractivity contribution in [2.45, 2.75) is 50.5 Å². The van der Waals surface area contributed by atoms with Crippen molar-refractivity contribution in [3.63, 3.8) is 0 Å². The first kappa shape index (κ1) is 16.7. The normalized spacial score (nSPS) is 16.6. The number of halogens is 1. The van der Waals surface area contributed by atoms with Gasteiger partial charge in [-0.1, -0.05) is 49.4 Å². The zero-order valence-electron chi connectivity index (χ0n) is 14.0. The molecule has 124 valence electrons. The van der Waals surface area contributed by atoms with Crippen molar-refractivity contribution in [1.82, 2.24) is 9.55 Å². The summed E-state index contributed by atoms with van der Waals surface area (Å²) in [7, 11) is 0. The molecule has 0 bridgehead atoms. The molecular formula is C18H24IN3O. The fourth-order valence-electron chi connectivity index (χ4n) is 2.85. The van der Waals surface area contributed by atoms with E-state index in [0.717, 1.165) is 15.5 Å². The average Bonchev–Trinajstić information content (AvgIpc) is 2.82. The van der Waals surface area contributed by atoms with E-state index in [4.69, 9.17) is 4.98 Å². The second kappa shape index (κ2) is 6.79. The molecule has 1 amide bonds. The van der Waals surface area contributed by atoms with Gasteiger partial charge in [-0.3, -0.25) is 10.1 Å². The minimum absolute atomic E-state index is 0.0189. The van der Waals surface area contributed by atoms with Crippen LogP contribution in [-0.4, -0.2) is 15.5 Å². The van der Waals surface area contributed by atoms with Gasteiger partial charge < -0.3 is 4.57 Å². The zero-order valence-corrected chi connectivity index (χ0v) is 16.1. The monoisotopic (exact) mass is 425 g/mol. The van der Waals surface area contributed by atoms with Crippen molar-refractivity contribution in [1.29, 1.82) is 0 Å². The number of fused-ring (bicyclic) bond motifs is 1. The van der Waals surface area contributed by atoms with Crippen LogP contribution in [-0.2, 0) is 9.22 Å². The highest BCUT2D eigenvalue weighted by Gasteiger charge is 2.27. The first-order chi connectivity index (χ1) is 11.0. The predicted molar refractivity (Wildman–Crippen MR) is 103 cm³/mol. The number of nitrogens with zero attached hydrogens (tertiary/aromatic N) is 2. The maximum Gasteiger partial charge on any atom is 0.229 e. The summed E-state index contributed by atoms with van der Waals surface area (Å²) >= 11 is 2.38. The van der Waals surface area contributed by atoms with Crippen LogP contribution in [0.25, 0.3) is 11.0 Å². The molecule has 1 aliphatic carbocycles. The van der Waals surface area contributed by atoms with Crippen LogP contribution in [0.15, 0.2) is 18.2 Å². The number of carbonyl (C=O) groups is 1. The molecule has 0 radical (unpaired) electrons. The Morgan fingerprint density at radius 2 is 2.13 bits per heavy atom. The quantitative estimate of drug-likeness (QED) is 0.546. The molecule has 1 atom stereocenters.